The van der Waals surface area contributed by atoms with Gasteiger partial charge in [-0.15, -0.1) is 0 Å². The predicted molar refractivity (Wildman–Crippen MR) is 122 cm³/mol. The van der Waals surface area contributed by atoms with Gasteiger partial charge in [0.1, 0.15) is 5.75 Å². The van der Waals surface area contributed by atoms with Crippen molar-refractivity contribution in [1.82, 2.24) is 0 Å². The van der Waals surface area contributed by atoms with E-state index in [1.54, 1.807) is 18.2 Å². The molecule has 0 aromatic heterocycles. The van der Waals surface area contributed by atoms with E-state index in [2.05, 4.69) is 6.07 Å². The molecule has 0 atom stereocenters. The van der Waals surface area contributed by atoms with E-state index in [4.69, 9.17) is 4.74 Å². The SMILES string of the molecule is N#C/C(=C/c1ccc(Oc2ccc(C(F)(F)F)cc2[N+](=O)[O-])cc1)c1ccc2ccccc2c1. The van der Waals surface area contributed by atoms with E-state index in [0.29, 0.717) is 17.2 Å². The number of hydrogen-bond acceptors (Lipinski definition) is 4. The third-order valence-corrected chi connectivity index (χ3v) is 5.08. The molecule has 8 heteroatoms. The average molecular weight is 460 g/mol. The van der Waals surface area contributed by atoms with Crippen LogP contribution >= 0.6 is 0 Å². The summed E-state index contributed by atoms with van der Waals surface area (Å²) in [6.45, 7) is 0. The van der Waals surface area contributed by atoms with Crippen molar-refractivity contribution < 1.29 is 22.8 Å². The molecule has 4 aromatic rings. The summed E-state index contributed by atoms with van der Waals surface area (Å²) in [5.74, 6) is -0.112. The molecule has 0 radical (unpaired) electrons. The molecule has 0 heterocycles. The lowest BCUT2D eigenvalue weighted by atomic mass is 10.0. The van der Waals surface area contributed by atoms with E-state index in [1.165, 1.54) is 12.1 Å². The Morgan fingerprint density at radius 3 is 2.29 bits per heavy atom. The molecule has 0 fully saturated rings. The number of nitro groups is 1. The standard InChI is InChI=1S/C26H15F3N2O3/c27-26(28,29)22-9-12-25(24(15-22)31(32)33)34-23-10-5-17(6-11-23)13-21(16-30)20-8-7-18-3-1-2-4-19(18)14-20/h1-15H/b21-13-. The van der Waals surface area contributed by atoms with E-state index < -0.39 is 22.4 Å². The van der Waals surface area contributed by atoms with Crippen molar-refractivity contribution in [3.05, 3.63) is 112 Å². The maximum absolute atomic E-state index is 12.9. The molecule has 0 amide bonds. The zero-order valence-corrected chi connectivity index (χ0v) is 17.4. The van der Waals surface area contributed by atoms with Crippen LogP contribution in [0.3, 0.4) is 0 Å². The summed E-state index contributed by atoms with van der Waals surface area (Å²) in [7, 11) is 0. The first-order valence-corrected chi connectivity index (χ1v) is 9.99. The van der Waals surface area contributed by atoms with Crippen LogP contribution in [0.4, 0.5) is 18.9 Å². The second-order valence-corrected chi connectivity index (χ2v) is 7.34. The van der Waals surface area contributed by atoms with Crippen LogP contribution in [-0.4, -0.2) is 4.92 Å². The quantitative estimate of drug-likeness (QED) is 0.133. The van der Waals surface area contributed by atoms with Crippen molar-refractivity contribution in [2.75, 3.05) is 0 Å². The molecule has 0 aliphatic heterocycles. The maximum atomic E-state index is 12.9. The van der Waals surface area contributed by atoms with E-state index in [1.807, 2.05) is 42.5 Å². The summed E-state index contributed by atoms with van der Waals surface area (Å²) in [5.41, 5.74) is -0.0506. The van der Waals surface area contributed by atoms with Crippen molar-refractivity contribution in [1.29, 1.82) is 5.26 Å². The van der Waals surface area contributed by atoms with Crippen LogP contribution in [0.5, 0.6) is 11.5 Å². The maximum Gasteiger partial charge on any atom is 0.416 e. The molecule has 4 rings (SSSR count). The molecule has 0 bridgehead atoms. The number of ether oxygens (including phenoxy) is 1. The van der Waals surface area contributed by atoms with Crippen LogP contribution in [0.1, 0.15) is 16.7 Å². The largest absolute Gasteiger partial charge is 0.450 e. The topological polar surface area (TPSA) is 76.2 Å². The smallest absolute Gasteiger partial charge is 0.416 e. The number of nitriles is 1. The second kappa shape index (κ2) is 9.08. The Morgan fingerprint density at radius 1 is 0.941 bits per heavy atom. The van der Waals surface area contributed by atoms with Gasteiger partial charge in [0.15, 0.2) is 0 Å². The molecule has 0 saturated carbocycles. The van der Waals surface area contributed by atoms with Crippen LogP contribution in [-0.2, 0) is 6.18 Å². The number of nitrogens with zero attached hydrogens (tertiary/aromatic N) is 2. The summed E-state index contributed by atoms with van der Waals surface area (Å²) >= 11 is 0. The number of fused-ring (bicyclic) bond motifs is 1. The van der Waals surface area contributed by atoms with Crippen molar-refractivity contribution in [2.24, 2.45) is 0 Å². The third-order valence-electron chi connectivity index (χ3n) is 5.08. The first-order valence-electron chi connectivity index (χ1n) is 9.99. The Balaban J connectivity index is 1.59. The Morgan fingerprint density at radius 2 is 1.65 bits per heavy atom. The third kappa shape index (κ3) is 4.89. The second-order valence-electron chi connectivity index (χ2n) is 7.34. The highest BCUT2D eigenvalue weighted by molar-refractivity contribution is 5.94. The molecule has 4 aromatic carbocycles. The van der Waals surface area contributed by atoms with Crippen LogP contribution in [0.25, 0.3) is 22.4 Å². The lowest BCUT2D eigenvalue weighted by Crippen LogP contribution is -2.06. The minimum Gasteiger partial charge on any atom is -0.450 e. The predicted octanol–water partition coefficient (Wildman–Crippen LogP) is 7.62. The zero-order valence-electron chi connectivity index (χ0n) is 17.4. The van der Waals surface area contributed by atoms with Crippen LogP contribution in [0, 0.1) is 21.4 Å². The normalized spacial score (nSPS) is 11.8. The number of rotatable bonds is 5. The molecule has 0 aliphatic rings. The number of nitro benzene ring substituents is 1. The van der Waals surface area contributed by atoms with Crippen molar-refractivity contribution in [3.63, 3.8) is 0 Å². The zero-order chi connectivity index (χ0) is 24.3. The minimum absolute atomic E-state index is 0.198. The monoisotopic (exact) mass is 460 g/mol. The number of hydrogen-bond donors (Lipinski definition) is 0. The number of benzene rings is 4. The fourth-order valence-corrected chi connectivity index (χ4v) is 3.39. The van der Waals surface area contributed by atoms with E-state index in [9.17, 15) is 28.5 Å². The first-order chi connectivity index (χ1) is 16.2. The summed E-state index contributed by atoms with van der Waals surface area (Å²) < 4.78 is 44.1. The molecule has 0 aliphatic carbocycles. The number of allylic oxidation sites excluding steroid dienone is 1. The van der Waals surface area contributed by atoms with Crippen molar-refractivity contribution in [3.8, 4) is 17.6 Å². The highest BCUT2D eigenvalue weighted by Gasteiger charge is 2.33. The molecule has 0 unspecified atom stereocenters. The van der Waals surface area contributed by atoms with Crippen LogP contribution < -0.4 is 4.74 Å². The van der Waals surface area contributed by atoms with E-state index >= 15 is 0 Å². The fraction of sp³-hybridized carbons (Fsp3) is 0.0385. The fourth-order valence-electron chi connectivity index (χ4n) is 3.39. The lowest BCUT2D eigenvalue weighted by Gasteiger charge is -2.10. The average Bonchev–Trinajstić information content (AvgIpc) is 2.82. The van der Waals surface area contributed by atoms with Crippen molar-refractivity contribution >= 4 is 28.1 Å². The molecule has 0 N–H and O–H groups in total. The molecule has 5 nitrogen and oxygen atoms in total. The highest BCUT2D eigenvalue weighted by Crippen LogP contribution is 2.38. The number of halogens is 3. The molecule has 168 valence electrons. The van der Waals surface area contributed by atoms with Crippen LogP contribution in [0.15, 0.2) is 84.9 Å². The Kier molecular flexibility index (Phi) is 6.02. The van der Waals surface area contributed by atoms with Gasteiger partial charge in [-0.25, -0.2) is 0 Å². The molecule has 0 spiro atoms. The number of alkyl halides is 3. The molecule has 0 saturated heterocycles. The molecular weight excluding hydrogens is 445 g/mol. The molecular formula is C26H15F3N2O3. The van der Waals surface area contributed by atoms with E-state index in [0.717, 1.165) is 28.5 Å². The highest BCUT2D eigenvalue weighted by atomic mass is 19.4. The van der Waals surface area contributed by atoms with Gasteiger partial charge in [-0.3, -0.25) is 10.1 Å². The van der Waals surface area contributed by atoms with Gasteiger partial charge < -0.3 is 4.74 Å². The summed E-state index contributed by atoms with van der Waals surface area (Å²) in [4.78, 5) is 10.3. The summed E-state index contributed by atoms with van der Waals surface area (Å²) in [6, 6.07) is 24.1. The Hall–Kier alpha value is -4.64. The molecule has 34 heavy (non-hydrogen) atoms. The lowest BCUT2D eigenvalue weighted by molar-refractivity contribution is -0.385. The first kappa shape index (κ1) is 22.6. The summed E-state index contributed by atoms with van der Waals surface area (Å²) in [6.07, 6.45) is -3.02. The summed E-state index contributed by atoms with van der Waals surface area (Å²) in [5, 5.41) is 22.9. The van der Waals surface area contributed by atoms with Gasteiger partial charge in [0.2, 0.25) is 5.75 Å². The van der Waals surface area contributed by atoms with Gasteiger partial charge in [-0.05, 0) is 58.3 Å². The van der Waals surface area contributed by atoms with Crippen molar-refractivity contribution in [2.45, 2.75) is 6.18 Å². The van der Waals surface area contributed by atoms with Gasteiger partial charge in [0, 0.05) is 6.07 Å². The minimum atomic E-state index is -4.71. The van der Waals surface area contributed by atoms with Gasteiger partial charge in [-0.2, -0.15) is 18.4 Å². The van der Waals surface area contributed by atoms with Crippen LogP contribution in [0.2, 0.25) is 0 Å². The Labute approximate surface area is 192 Å². The van der Waals surface area contributed by atoms with Gasteiger partial charge in [0.25, 0.3) is 0 Å². The van der Waals surface area contributed by atoms with E-state index in [-0.39, 0.29) is 11.5 Å². The van der Waals surface area contributed by atoms with Gasteiger partial charge in [-0.1, -0.05) is 48.5 Å². The van der Waals surface area contributed by atoms with Gasteiger partial charge >= 0.3 is 11.9 Å². The Bertz CT molecular complexity index is 1450. The van der Waals surface area contributed by atoms with Gasteiger partial charge in [0.05, 0.1) is 22.1 Å².